The molecule has 0 saturated heterocycles. The van der Waals surface area contributed by atoms with Gasteiger partial charge in [-0.1, -0.05) is 39.8 Å². The lowest BCUT2D eigenvalue weighted by atomic mass is 10.1. The van der Waals surface area contributed by atoms with E-state index in [2.05, 4.69) is 45.8 Å². The van der Waals surface area contributed by atoms with Gasteiger partial charge in [0.15, 0.2) is 8.32 Å². The Morgan fingerprint density at radius 3 is 2.31 bits per heavy atom. The van der Waals surface area contributed by atoms with Crippen LogP contribution in [0.3, 0.4) is 0 Å². The van der Waals surface area contributed by atoms with Crippen molar-refractivity contribution < 1.29 is 4.43 Å². The summed E-state index contributed by atoms with van der Waals surface area (Å²) in [7, 11) is -1.79. The molecule has 0 amide bonds. The molecule has 0 saturated carbocycles. The lowest BCUT2D eigenvalue weighted by Gasteiger charge is -2.39. The van der Waals surface area contributed by atoms with Crippen LogP contribution in [0.2, 0.25) is 18.1 Å². The Kier molecular flexibility index (Phi) is 6.08. The second-order valence-corrected chi connectivity index (χ2v) is 13.0. The zero-order valence-electron chi connectivity index (χ0n) is 16.7. The Labute approximate surface area is 157 Å². The molecular formula is C20H31N3O2Si. The van der Waals surface area contributed by atoms with Crippen molar-refractivity contribution in [3.63, 3.8) is 0 Å². The fourth-order valence-electron chi connectivity index (χ4n) is 2.59. The molecule has 1 unspecified atom stereocenters. The normalized spacial score (nSPS) is 13.6. The summed E-state index contributed by atoms with van der Waals surface area (Å²) in [5, 5.41) is 0.198. The van der Waals surface area contributed by atoms with Gasteiger partial charge in [0.2, 0.25) is 0 Å². The molecule has 6 heteroatoms. The average Bonchev–Trinajstić information content (AvgIpc) is 2.54. The first-order valence-electron chi connectivity index (χ1n) is 9.16. The maximum atomic E-state index is 12.0. The zero-order valence-corrected chi connectivity index (χ0v) is 17.7. The van der Waals surface area contributed by atoms with Crippen molar-refractivity contribution in [3.05, 3.63) is 52.6 Å². The molecule has 2 rings (SSSR count). The Balaban J connectivity index is 2.17. The van der Waals surface area contributed by atoms with E-state index in [1.165, 1.54) is 16.3 Å². The maximum Gasteiger partial charge on any atom is 0.353 e. The summed E-state index contributed by atoms with van der Waals surface area (Å²) in [6.07, 6.45) is 3.46. The first-order valence-corrected chi connectivity index (χ1v) is 12.1. The Hall–Kier alpha value is -1.92. The van der Waals surface area contributed by atoms with Crippen LogP contribution in [0.1, 0.15) is 39.7 Å². The molecule has 2 aromatic rings. The third-order valence-electron chi connectivity index (χ3n) is 5.26. The Morgan fingerprint density at radius 1 is 1.19 bits per heavy atom. The molecule has 5 nitrogen and oxygen atoms in total. The lowest BCUT2D eigenvalue weighted by molar-refractivity contribution is 0.176. The largest absolute Gasteiger partial charge is 0.414 e. The highest BCUT2D eigenvalue weighted by Crippen LogP contribution is 2.38. The fraction of sp³-hybridized carbons (Fsp3) is 0.500. The number of rotatable bonds is 6. The minimum Gasteiger partial charge on any atom is -0.414 e. The highest BCUT2D eigenvalue weighted by molar-refractivity contribution is 6.74. The van der Waals surface area contributed by atoms with Gasteiger partial charge in [0, 0.05) is 12.3 Å². The zero-order chi connectivity index (χ0) is 19.5. The van der Waals surface area contributed by atoms with Gasteiger partial charge < -0.3 is 10.2 Å². The van der Waals surface area contributed by atoms with Crippen molar-refractivity contribution in [1.82, 2.24) is 9.55 Å². The highest BCUT2D eigenvalue weighted by Gasteiger charge is 2.38. The summed E-state index contributed by atoms with van der Waals surface area (Å²) in [4.78, 5) is 15.7. The Bertz CT molecular complexity index is 792. The predicted molar refractivity (Wildman–Crippen MR) is 110 cm³/mol. The van der Waals surface area contributed by atoms with Crippen molar-refractivity contribution in [1.29, 1.82) is 0 Å². The molecular weight excluding hydrogens is 342 g/mol. The molecule has 0 aliphatic rings. The average molecular weight is 374 g/mol. The molecule has 1 aromatic carbocycles. The first kappa shape index (κ1) is 20.4. The van der Waals surface area contributed by atoms with Crippen LogP contribution in [0.25, 0.3) is 5.69 Å². The van der Waals surface area contributed by atoms with Gasteiger partial charge in [-0.05, 0) is 54.7 Å². The third-order valence-corrected chi connectivity index (χ3v) is 9.80. The summed E-state index contributed by atoms with van der Waals surface area (Å²) in [6.45, 7) is 13.5. The quantitative estimate of drug-likeness (QED) is 0.772. The van der Waals surface area contributed by atoms with E-state index in [0.29, 0.717) is 5.82 Å². The maximum absolute atomic E-state index is 12.0. The smallest absolute Gasteiger partial charge is 0.353 e. The van der Waals surface area contributed by atoms with E-state index in [1.54, 1.807) is 6.07 Å². The highest BCUT2D eigenvalue weighted by atomic mass is 28.4. The molecule has 1 heterocycles. The van der Waals surface area contributed by atoms with Crippen LogP contribution in [0.4, 0.5) is 5.82 Å². The van der Waals surface area contributed by atoms with Crippen molar-refractivity contribution in [2.75, 3.05) is 5.73 Å². The molecule has 0 spiro atoms. The lowest BCUT2D eigenvalue weighted by Crippen LogP contribution is -2.44. The number of hydrogen-bond donors (Lipinski definition) is 1. The van der Waals surface area contributed by atoms with Crippen LogP contribution in [0, 0.1) is 0 Å². The van der Waals surface area contributed by atoms with E-state index >= 15 is 0 Å². The number of nitrogens with two attached hydrogens (primary N) is 1. The van der Waals surface area contributed by atoms with Crippen LogP contribution >= 0.6 is 0 Å². The SMILES string of the molecule is CCC(Cc1ccc(-n2c(N)ccnc2=O)cc1)O[Si](C)(C)C(C)(C)C. The molecule has 0 aliphatic carbocycles. The third kappa shape index (κ3) is 4.62. The summed E-state index contributed by atoms with van der Waals surface area (Å²) in [6, 6.07) is 9.51. The second-order valence-electron chi connectivity index (χ2n) is 8.27. The van der Waals surface area contributed by atoms with Crippen molar-refractivity contribution in [3.8, 4) is 5.69 Å². The fourth-order valence-corrected chi connectivity index (χ4v) is 4.02. The van der Waals surface area contributed by atoms with Crippen molar-refractivity contribution in [2.45, 2.75) is 64.8 Å². The minimum atomic E-state index is -1.79. The van der Waals surface area contributed by atoms with Gasteiger partial charge in [-0.2, -0.15) is 0 Å². The van der Waals surface area contributed by atoms with E-state index in [0.717, 1.165) is 18.5 Å². The van der Waals surface area contributed by atoms with Gasteiger partial charge in [0.1, 0.15) is 5.82 Å². The van der Waals surface area contributed by atoms with Crippen molar-refractivity contribution >= 4 is 14.1 Å². The molecule has 0 bridgehead atoms. The van der Waals surface area contributed by atoms with E-state index in [9.17, 15) is 4.79 Å². The number of aromatic nitrogens is 2. The van der Waals surface area contributed by atoms with E-state index in [4.69, 9.17) is 10.2 Å². The first-order chi connectivity index (χ1) is 12.0. The molecule has 0 fully saturated rings. The molecule has 26 heavy (non-hydrogen) atoms. The summed E-state index contributed by atoms with van der Waals surface area (Å²) in [5.74, 6) is 0.380. The topological polar surface area (TPSA) is 70.1 Å². The van der Waals surface area contributed by atoms with Gasteiger partial charge >= 0.3 is 5.69 Å². The van der Waals surface area contributed by atoms with Gasteiger partial charge in [-0.25, -0.2) is 14.3 Å². The number of hydrogen-bond acceptors (Lipinski definition) is 4. The van der Waals surface area contributed by atoms with Crippen molar-refractivity contribution in [2.24, 2.45) is 0 Å². The Morgan fingerprint density at radius 2 is 1.81 bits per heavy atom. The van der Waals surface area contributed by atoms with Gasteiger partial charge in [-0.3, -0.25) is 0 Å². The monoisotopic (exact) mass is 373 g/mol. The van der Waals surface area contributed by atoms with E-state index < -0.39 is 8.32 Å². The number of anilines is 1. The van der Waals surface area contributed by atoms with Crippen LogP contribution in [0.5, 0.6) is 0 Å². The van der Waals surface area contributed by atoms with E-state index in [-0.39, 0.29) is 16.8 Å². The molecule has 1 aromatic heterocycles. The minimum absolute atomic E-state index is 0.198. The van der Waals surface area contributed by atoms with Gasteiger partial charge in [0.05, 0.1) is 5.69 Å². The van der Waals surface area contributed by atoms with Gasteiger partial charge in [-0.15, -0.1) is 0 Å². The molecule has 0 radical (unpaired) electrons. The molecule has 142 valence electrons. The van der Waals surface area contributed by atoms with E-state index in [1.807, 2.05) is 24.3 Å². The van der Waals surface area contributed by atoms with Crippen LogP contribution in [-0.4, -0.2) is 24.0 Å². The predicted octanol–water partition coefficient (Wildman–Crippen LogP) is 4.16. The molecule has 2 N–H and O–H groups in total. The summed E-state index contributed by atoms with van der Waals surface area (Å²) < 4.78 is 7.97. The second kappa shape index (κ2) is 7.76. The standard InChI is InChI=1S/C20H31N3O2Si/c1-7-17(25-26(5,6)20(2,3)4)14-15-8-10-16(11-9-15)23-18(21)12-13-22-19(23)24/h8-13,17H,7,14,21H2,1-6H3. The summed E-state index contributed by atoms with van der Waals surface area (Å²) in [5.41, 5.74) is 7.46. The van der Waals surface area contributed by atoms with Crippen LogP contribution in [0.15, 0.2) is 41.3 Å². The van der Waals surface area contributed by atoms with Crippen LogP contribution < -0.4 is 11.4 Å². The number of nitrogen functional groups attached to an aromatic ring is 1. The van der Waals surface area contributed by atoms with Gasteiger partial charge in [0.25, 0.3) is 0 Å². The molecule has 1 atom stereocenters. The summed E-state index contributed by atoms with van der Waals surface area (Å²) >= 11 is 0. The number of benzene rings is 1. The molecule has 0 aliphatic heterocycles. The van der Waals surface area contributed by atoms with Crippen LogP contribution in [-0.2, 0) is 10.8 Å². The number of nitrogens with zero attached hydrogens (tertiary/aromatic N) is 2.